The van der Waals surface area contributed by atoms with Crippen LogP contribution in [0.25, 0.3) is 0 Å². The van der Waals surface area contributed by atoms with Crippen molar-refractivity contribution in [1.82, 2.24) is 19.8 Å². The summed E-state index contributed by atoms with van der Waals surface area (Å²) in [5, 5.41) is 3.40. The topological polar surface area (TPSA) is 78.4 Å². The lowest BCUT2D eigenvalue weighted by Gasteiger charge is -2.27. The lowest BCUT2D eigenvalue weighted by atomic mass is 10.1. The molecule has 136 valence electrons. The Morgan fingerprint density at radius 2 is 1.92 bits per heavy atom. The molecule has 1 fully saturated rings. The normalized spacial score (nSPS) is 17.9. The summed E-state index contributed by atoms with van der Waals surface area (Å²) in [5.41, 5.74) is 2.15. The second kappa shape index (κ2) is 7.80. The highest BCUT2D eigenvalue weighted by Crippen LogP contribution is 2.21. The fourth-order valence-electron chi connectivity index (χ4n) is 3.59. The molecule has 0 unspecified atom stereocenters. The number of fused-ring (bicyclic) bond motifs is 1. The van der Waals surface area contributed by atoms with Gasteiger partial charge < -0.3 is 15.1 Å². The van der Waals surface area contributed by atoms with Crippen molar-refractivity contribution in [2.75, 3.05) is 38.0 Å². The Labute approximate surface area is 148 Å². The van der Waals surface area contributed by atoms with E-state index < -0.39 is 0 Å². The zero-order chi connectivity index (χ0) is 17.8. The maximum Gasteiger partial charge on any atom is 0.222 e. The van der Waals surface area contributed by atoms with E-state index in [2.05, 4.69) is 15.3 Å². The maximum atomic E-state index is 11.9. The first-order chi connectivity index (χ1) is 12.0. The number of piperidine rings is 1. The van der Waals surface area contributed by atoms with Gasteiger partial charge in [-0.25, -0.2) is 9.97 Å². The van der Waals surface area contributed by atoms with Crippen LogP contribution in [-0.2, 0) is 22.4 Å². The zero-order valence-electron chi connectivity index (χ0n) is 15.2. The van der Waals surface area contributed by atoms with E-state index in [-0.39, 0.29) is 11.8 Å². The van der Waals surface area contributed by atoms with Crippen molar-refractivity contribution in [2.24, 2.45) is 0 Å². The Hall–Kier alpha value is -2.18. The van der Waals surface area contributed by atoms with Crippen LogP contribution in [0.1, 0.15) is 43.3 Å². The number of carbonyl (C=O) groups is 2. The van der Waals surface area contributed by atoms with Crippen LogP contribution < -0.4 is 5.32 Å². The molecule has 0 spiro atoms. The molecule has 1 aromatic heterocycles. The van der Waals surface area contributed by atoms with E-state index in [0.29, 0.717) is 32.6 Å². The first kappa shape index (κ1) is 17.6. The second-order valence-corrected chi connectivity index (χ2v) is 6.82. The molecule has 2 aliphatic rings. The minimum atomic E-state index is 0.107. The zero-order valence-corrected chi connectivity index (χ0v) is 15.2. The van der Waals surface area contributed by atoms with E-state index in [9.17, 15) is 9.59 Å². The lowest BCUT2D eigenvalue weighted by molar-refractivity contribution is -0.133. The van der Waals surface area contributed by atoms with Gasteiger partial charge >= 0.3 is 0 Å². The Balaban J connectivity index is 1.67. The van der Waals surface area contributed by atoms with Crippen molar-refractivity contribution >= 4 is 17.6 Å². The number of nitrogens with one attached hydrogen (secondary N) is 1. The minimum Gasteiger partial charge on any atom is -0.368 e. The van der Waals surface area contributed by atoms with E-state index in [1.54, 1.807) is 6.92 Å². The van der Waals surface area contributed by atoms with Gasteiger partial charge in [0.25, 0.3) is 0 Å². The standard InChI is InChI=1S/C18H27N5O2/c1-13-20-16-7-11-22(14(2)24)10-6-15(16)18(21-13)19-8-12-23-9-4-3-5-17(23)25/h3-12H2,1-2H3,(H,19,20,21). The number of anilines is 1. The highest BCUT2D eigenvalue weighted by Gasteiger charge is 2.21. The summed E-state index contributed by atoms with van der Waals surface area (Å²) in [5.74, 6) is 1.96. The summed E-state index contributed by atoms with van der Waals surface area (Å²) < 4.78 is 0. The van der Waals surface area contributed by atoms with Crippen LogP contribution in [0.3, 0.4) is 0 Å². The van der Waals surface area contributed by atoms with Crippen molar-refractivity contribution in [3.63, 3.8) is 0 Å². The molecular weight excluding hydrogens is 318 g/mol. The SMILES string of the molecule is CC(=O)N1CCc2nc(C)nc(NCCN3CCCCC3=O)c2CC1. The first-order valence-electron chi connectivity index (χ1n) is 9.18. The number of carbonyl (C=O) groups excluding carboxylic acids is 2. The van der Waals surface area contributed by atoms with Gasteiger partial charge in [-0.2, -0.15) is 0 Å². The van der Waals surface area contributed by atoms with Crippen molar-refractivity contribution in [3.05, 3.63) is 17.1 Å². The van der Waals surface area contributed by atoms with E-state index in [1.807, 2.05) is 16.7 Å². The van der Waals surface area contributed by atoms with Crippen LogP contribution in [0.2, 0.25) is 0 Å². The summed E-state index contributed by atoms with van der Waals surface area (Å²) >= 11 is 0. The van der Waals surface area contributed by atoms with Gasteiger partial charge in [-0.3, -0.25) is 9.59 Å². The van der Waals surface area contributed by atoms with Crippen molar-refractivity contribution in [3.8, 4) is 0 Å². The van der Waals surface area contributed by atoms with Crippen LogP contribution in [-0.4, -0.2) is 64.3 Å². The molecule has 0 aromatic carbocycles. The van der Waals surface area contributed by atoms with Crippen molar-refractivity contribution in [2.45, 2.75) is 46.0 Å². The predicted octanol–water partition coefficient (Wildman–Crippen LogP) is 1.16. The van der Waals surface area contributed by atoms with Crippen LogP contribution >= 0.6 is 0 Å². The van der Waals surface area contributed by atoms with Crippen LogP contribution in [0.5, 0.6) is 0 Å². The fraction of sp³-hybridized carbons (Fsp3) is 0.667. The smallest absolute Gasteiger partial charge is 0.222 e. The average molecular weight is 345 g/mol. The third kappa shape index (κ3) is 4.27. The Kier molecular flexibility index (Phi) is 5.50. The summed E-state index contributed by atoms with van der Waals surface area (Å²) in [6.07, 6.45) is 4.29. The summed E-state index contributed by atoms with van der Waals surface area (Å²) in [7, 11) is 0. The van der Waals surface area contributed by atoms with Gasteiger partial charge in [-0.15, -0.1) is 0 Å². The summed E-state index contributed by atoms with van der Waals surface area (Å²) in [4.78, 5) is 36.5. The molecule has 3 rings (SSSR count). The van der Waals surface area contributed by atoms with Gasteiger partial charge in [0, 0.05) is 58.1 Å². The predicted molar refractivity (Wildman–Crippen MR) is 95.4 cm³/mol. The number of rotatable bonds is 4. The molecule has 3 heterocycles. The Morgan fingerprint density at radius 3 is 2.68 bits per heavy atom. The molecule has 0 aliphatic carbocycles. The molecule has 1 saturated heterocycles. The third-order valence-electron chi connectivity index (χ3n) is 5.00. The van der Waals surface area contributed by atoms with Gasteiger partial charge in [0.15, 0.2) is 0 Å². The van der Waals surface area contributed by atoms with E-state index >= 15 is 0 Å². The highest BCUT2D eigenvalue weighted by atomic mass is 16.2. The maximum absolute atomic E-state index is 11.9. The molecular formula is C18H27N5O2. The molecule has 7 nitrogen and oxygen atoms in total. The van der Waals surface area contributed by atoms with Gasteiger partial charge in [-0.1, -0.05) is 0 Å². The number of aromatic nitrogens is 2. The Morgan fingerprint density at radius 1 is 1.12 bits per heavy atom. The largest absolute Gasteiger partial charge is 0.368 e. The molecule has 0 radical (unpaired) electrons. The highest BCUT2D eigenvalue weighted by molar-refractivity contribution is 5.76. The quantitative estimate of drug-likeness (QED) is 0.886. The lowest BCUT2D eigenvalue weighted by Crippen LogP contribution is -2.38. The van der Waals surface area contributed by atoms with E-state index in [1.165, 1.54) is 0 Å². The molecule has 0 bridgehead atoms. The van der Waals surface area contributed by atoms with Crippen molar-refractivity contribution < 1.29 is 9.59 Å². The van der Waals surface area contributed by atoms with E-state index in [0.717, 1.165) is 55.1 Å². The number of amides is 2. The van der Waals surface area contributed by atoms with Crippen LogP contribution in [0, 0.1) is 6.92 Å². The van der Waals surface area contributed by atoms with Crippen LogP contribution in [0.15, 0.2) is 0 Å². The van der Waals surface area contributed by atoms with Gasteiger partial charge in [0.2, 0.25) is 11.8 Å². The third-order valence-corrected chi connectivity index (χ3v) is 5.00. The van der Waals surface area contributed by atoms with Gasteiger partial charge in [0.1, 0.15) is 11.6 Å². The minimum absolute atomic E-state index is 0.107. The number of aryl methyl sites for hydroxylation is 1. The monoisotopic (exact) mass is 345 g/mol. The summed E-state index contributed by atoms with van der Waals surface area (Å²) in [6, 6.07) is 0. The Bertz CT molecular complexity index is 661. The van der Waals surface area contributed by atoms with Gasteiger partial charge in [0.05, 0.1) is 5.69 Å². The molecule has 1 aromatic rings. The molecule has 1 N–H and O–H groups in total. The second-order valence-electron chi connectivity index (χ2n) is 6.82. The molecule has 25 heavy (non-hydrogen) atoms. The molecule has 7 heteroatoms. The van der Waals surface area contributed by atoms with Crippen LogP contribution in [0.4, 0.5) is 5.82 Å². The first-order valence-corrected chi connectivity index (χ1v) is 9.18. The number of hydrogen-bond donors (Lipinski definition) is 1. The molecule has 0 atom stereocenters. The number of nitrogens with zero attached hydrogens (tertiary/aromatic N) is 4. The fourth-order valence-corrected chi connectivity index (χ4v) is 3.59. The number of likely N-dealkylation sites (tertiary alicyclic amines) is 1. The average Bonchev–Trinajstić information content (AvgIpc) is 2.79. The van der Waals surface area contributed by atoms with E-state index in [4.69, 9.17) is 0 Å². The van der Waals surface area contributed by atoms with Crippen molar-refractivity contribution in [1.29, 1.82) is 0 Å². The molecule has 0 saturated carbocycles. The van der Waals surface area contributed by atoms with Gasteiger partial charge in [-0.05, 0) is 26.2 Å². The molecule has 2 amide bonds. The summed E-state index contributed by atoms with van der Waals surface area (Å²) in [6.45, 7) is 7.17. The molecule has 2 aliphatic heterocycles. The number of hydrogen-bond acceptors (Lipinski definition) is 5.